The van der Waals surface area contributed by atoms with Crippen LogP contribution in [0.3, 0.4) is 0 Å². The molecule has 2 heterocycles. The molecule has 0 saturated carbocycles. The van der Waals surface area contributed by atoms with Crippen LogP contribution in [0.1, 0.15) is 10.4 Å². The molecule has 134 valence electrons. The van der Waals surface area contributed by atoms with Gasteiger partial charge in [-0.3, -0.25) is 4.79 Å². The largest absolute Gasteiger partial charge is 0.586 e. The zero-order chi connectivity index (χ0) is 19.0. The predicted molar refractivity (Wildman–Crippen MR) is 93.0 cm³/mol. The number of fused-ring (bicyclic) bond motifs is 1. The van der Waals surface area contributed by atoms with Crippen molar-refractivity contribution in [3.8, 4) is 22.6 Å². The highest BCUT2D eigenvalue weighted by Crippen LogP contribution is 2.45. The van der Waals surface area contributed by atoms with Gasteiger partial charge in [0.05, 0.1) is 5.02 Å². The number of carbonyl (C=O) groups excluding carboxylic acids is 1. The number of halogens is 3. The number of benzene rings is 1. The molecule has 1 aromatic heterocycles. The number of ether oxygens (including phenoxy) is 2. The van der Waals surface area contributed by atoms with E-state index in [1.165, 1.54) is 24.4 Å². The summed E-state index contributed by atoms with van der Waals surface area (Å²) in [4.78, 5) is 16.3. The van der Waals surface area contributed by atoms with Crippen LogP contribution in [0, 0.1) is 12.1 Å². The van der Waals surface area contributed by atoms with E-state index in [-0.39, 0.29) is 22.4 Å². The molecule has 3 aromatic rings. The Kier molecular flexibility index (Phi) is 4.05. The molecule has 8 heteroatoms. The normalized spacial score (nSPS) is 13.7. The average Bonchev–Trinajstić information content (AvgIpc) is 2.95. The number of hydrogen-bond donors (Lipinski definition) is 1. The minimum atomic E-state index is -3.72. The van der Waals surface area contributed by atoms with Crippen LogP contribution in [0.15, 0.2) is 48.7 Å². The Labute approximate surface area is 157 Å². The molecule has 0 fully saturated rings. The average molecular weight is 387 g/mol. The second-order valence-corrected chi connectivity index (χ2v) is 5.96. The molecule has 0 atom stereocenters. The van der Waals surface area contributed by atoms with Crippen molar-refractivity contribution in [3.05, 3.63) is 71.4 Å². The molecule has 1 aliphatic heterocycles. The van der Waals surface area contributed by atoms with Gasteiger partial charge in [0, 0.05) is 35.0 Å². The van der Waals surface area contributed by atoms with Gasteiger partial charge in [0.15, 0.2) is 11.5 Å². The van der Waals surface area contributed by atoms with Gasteiger partial charge in [-0.25, -0.2) is 4.98 Å². The summed E-state index contributed by atoms with van der Waals surface area (Å²) in [5.74, 6) is -0.278. The van der Waals surface area contributed by atoms with E-state index >= 15 is 0 Å². The third kappa shape index (κ3) is 3.48. The quantitative estimate of drug-likeness (QED) is 0.716. The number of aromatic nitrogens is 1. The minimum absolute atomic E-state index is 0.117. The van der Waals surface area contributed by atoms with Gasteiger partial charge in [-0.15, -0.1) is 8.78 Å². The summed E-state index contributed by atoms with van der Waals surface area (Å²) < 4.78 is 35.1. The third-order valence-electron chi connectivity index (χ3n) is 3.73. The van der Waals surface area contributed by atoms with E-state index in [9.17, 15) is 13.6 Å². The van der Waals surface area contributed by atoms with Gasteiger partial charge in [0.1, 0.15) is 5.82 Å². The van der Waals surface area contributed by atoms with Gasteiger partial charge in [0.2, 0.25) is 0 Å². The van der Waals surface area contributed by atoms with Crippen LogP contribution < -0.4 is 14.8 Å². The maximum Gasteiger partial charge on any atom is 0.586 e. The number of amides is 1. The van der Waals surface area contributed by atoms with E-state index in [2.05, 4.69) is 31.9 Å². The Morgan fingerprint density at radius 2 is 1.93 bits per heavy atom. The first kappa shape index (κ1) is 17.1. The number of alkyl halides is 2. The van der Waals surface area contributed by atoms with Gasteiger partial charge in [0.25, 0.3) is 5.91 Å². The first-order valence-corrected chi connectivity index (χ1v) is 8.04. The lowest BCUT2D eigenvalue weighted by Gasteiger charge is -2.08. The number of nitrogens with one attached hydrogen (secondary N) is 1. The van der Waals surface area contributed by atoms with E-state index in [1.54, 1.807) is 24.3 Å². The molecule has 0 bridgehead atoms. The highest BCUT2D eigenvalue weighted by Gasteiger charge is 2.43. The van der Waals surface area contributed by atoms with E-state index in [0.717, 1.165) is 0 Å². The monoisotopic (exact) mass is 386 g/mol. The van der Waals surface area contributed by atoms with Crippen molar-refractivity contribution in [2.75, 3.05) is 5.32 Å². The zero-order valence-corrected chi connectivity index (χ0v) is 14.2. The fourth-order valence-electron chi connectivity index (χ4n) is 2.50. The summed E-state index contributed by atoms with van der Waals surface area (Å²) in [5, 5.41) is 2.84. The van der Waals surface area contributed by atoms with Crippen molar-refractivity contribution in [1.29, 1.82) is 0 Å². The van der Waals surface area contributed by atoms with Crippen LogP contribution in [0.25, 0.3) is 11.1 Å². The molecular weight excluding hydrogens is 378 g/mol. The molecule has 0 unspecified atom stereocenters. The maximum atomic E-state index is 13.2. The molecule has 5 nitrogen and oxygen atoms in total. The van der Waals surface area contributed by atoms with Crippen LogP contribution in [-0.4, -0.2) is 17.2 Å². The fourth-order valence-corrected chi connectivity index (χ4v) is 2.76. The van der Waals surface area contributed by atoms with E-state index in [0.29, 0.717) is 22.5 Å². The molecule has 0 spiro atoms. The fraction of sp³-hybridized carbons (Fsp3) is 0.0526. The predicted octanol–water partition coefficient (Wildman–Crippen LogP) is 4.58. The van der Waals surface area contributed by atoms with Gasteiger partial charge < -0.3 is 14.8 Å². The van der Waals surface area contributed by atoms with Gasteiger partial charge in [-0.1, -0.05) is 23.7 Å². The summed E-state index contributed by atoms with van der Waals surface area (Å²) in [5.41, 5.74) is 1.41. The van der Waals surface area contributed by atoms with Crippen molar-refractivity contribution >= 4 is 23.3 Å². The number of hydrogen-bond acceptors (Lipinski definition) is 4. The summed E-state index contributed by atoms with van der Waals surface area (Å²) in [6.45, 7) is 0. The molecule has 0 saturated heterocycles. The van der Waals surface area contributed by atoms with Gasteiger partial charge in [-0.2, -0.15) is 0 Å². The second kappa shape index (κ2) is 6.41. The number of pyridine rings is 1. The molecule has 27 heavy (non-hydrogen) atoms. The molecule has 1 aliphatic rings. The molecule has 0 radical (unpaired) electrons. The third-order valence-corrected chi connectivity index (χ3v) is 4.04. The minimum Gasteiger partial charge on any atom is -0.395 e. The topological polar surface area (TPSA) is 60.5 Å². The van der Waals surface area contributed by atoms with Gasteiger partial charge in [-0.05, 0) is 30.3 Å². The van der Waals surface area contributed by atoms with Crippen molar-refractivity contribution in [3.63, 3.8) is 0 Å². The smallest absolute Gasteiger partial charge is 0.395 e. The molecular formula is C19H9ClF2N2O3. The first-order valence-electron chi connectivity index (χ1n) is 7.66. The molecule has 4 rings (SSSR count). The van der Waals surface area contributed by atoms with Gasteiger partial charge >= 0.3 is 6.29 Å². The summed E-state index contributed by atoms with van der Waals surface area (Å²) in [6, 6.07) is 15.9. The Morgan fingerprint density at radius 1 is 1.15 bits per heavy atom. The number of anilines is 1. The van der Waals surface area contributed by atoms with Crippen LogP contribution in [-0.2, 0) is 0 Å². The standard InChI is InChI=1S/C19H9ClF2N2O3/c20-14-9-16-15(26-19(21,22)27-16)8-13(14)12-6-7-17(23-10-12)24-18(25)11-4-2-1-3-5-11/h2,4-10H,(H,23,24,25). The number of carbonyl (C=O) groups is 1. The molecule has 1 amide bonds. The Hall–Kier alpha value is -3.37. The summed E-state index contributed by atoms with van der Waals surface area (Å²) in [7, 11) is 0. The number of rotatable bonds is 3. The van der Waals surface area contributed by atoms with E-state index < -0.39 is 6.29 Å². The van der Waals surface area contributed by atoms with Crippen molar-refractivity contribution < 1.29 is 23.0 Å². The lowest BCUT2D eigenvalue weighted by molar-refractivity contribution is -0.286. The molecule has 0 aliphatic carbocycles. The lowest BCUT2D eigenvalue weighted by Crippen LogP contribution is -2.25. The Balaban J connectivity index is 1.56. The van der Waals surface area contributed by atoms with Crippen LogP contribution in [0.2, 0.25) is 5.02 Å². The van der Waals surface area contributed by atoms with Crippen LogP contribution in [0.4, 0.5) is 14.6 Å². The maximum absolute atomic E-state index is 13.2. The van der Waals surface area contributed by atoms with Crippen LogP contribution in [0.5, 0.6) is 11.5 Å². The highest BCUT2D eigenvalue weighted by molar-refractivity contribution is 6.33. The number of nitrogens with zero attached hydrogens (tertiary/aromatic N) is 1. The Bertz CT molecular complexity index is 1010. The first-order chi connectivity index (χ1) is 12.9. The van der Waals surface area contributed by atoms with Crippen molar-refractivity contribution in [1.82, 2.24) is 4.98 Å². The Morgan fingerprint density at radius 3 is 2.59 bits per heavy atom. The van der Waals surface area contributed by atoms with Crippen molar-refractivity contribution in [2.24, 2.45) is 0 Å². The summed E-state index contributed by atoms with van der Waals surface area (Å²) >= 11 is 6.16. The second-order valence-electron chi connectivity index (χ2n) is 5.55. The summed E-state index contributed by atoms with van der Waals surface area (Å²) in [6.07, 6.45) is -2.26. The van der Waals surface area contributed by atoms with E-state index in [1.807, 2.05) is 0 Å². The zero-order valence-electron chi connectivity index (χ0n) is 13.4. The van der Waals surface area contributed by atoms with Crippen LogP contribution >= 0.6 is 11.6 Å². The molecule has 1 N–H and O–H groups in total. The highest BCUT2D eigenvalue weighted by atomic mass is 35.5. The van der Waals surface area contributed by atoms with Crippen molar-refractivity contribution in [2.45, 2.75) is 6.29 Å². The van der Waals surface area contributed by atoms with E-state index in [4.69, 9.17) is 11.6 Å². The molecule has 2 aromatic carbocycles. The SMILES string of the molecule is O=C(Nc1ccc(-c2cc3c(cc2Cl)OC(F)(F)O3)cn1)c1cc#ccc1. The lowest BCUT2D eigenvalue weighted by atomic mass is 10.1.